The van der Waals surface area contributed by atoms with E-state index in [0.717, 1.165) is 27.8 Å². The molecule has 168 valence electrons. The maximum absolute atomic E-state index is 12.2. The molecule has 0 radical (unpaired) electrons. The fourth-order valence-corrected chi connectivity index (χ4v) is 3.75. The zero-order valence-corrected chi connectivity index (χ0v) is 19.0. The molecule has 1 N–H and O–H groups in total. The summed E-state index contributed by atoms with van der Waals surface area (Å²) in [5.41, 5.74) is 2.93. The molecule has 0 unspecified atom stereocenters. The molecule has 0 aliphatic heterocycles. The lowest BCUT2D eigenvalue weighted by Crippen LogP contribution is -2.34. The summed E-state index contributed by atoms with van der Waals surface area (Å²) in [6, 6.07) is 26.0. The summed E-state index contributed by atoms with van der Waals surface area (Å²) in [4.78, 5) is 13.9. The molecule has 0 fully saturated rings. The number of nitrogens with zero attached hydrogens (tertiary/aromatic N) is 3. The van der Waals surface area contributed by atoms with Crippen LogP contribution in [0.15, 0.2) is 78.9 Å². The molecular formula is C27H28N4O2. The predicted molar refractivity (Wildman–Crippen MR) is 132 cm³/mol. The molecule has 4 rings (SSSR count). The van der Waals surface area contributed by atoms with Crippen LogP contribution in [0.3, 0.4) is 0 Å². The van der Waals surface area contributed by atoms with Crippen molar-refractivity contribution >= 4 is 22.5 Å². The lowest BCUT2D eigenvalue weighted by Gasteiger charge is -2.18. The van der Waals surface area contributed by atoms with Crippen LogP contribution in [0, 0.1) is 0 Å². The number of fused-ring (bicyclic) bond motifs is 1. The van der Waals surface area contributed by atoms with E-state index in [9.17, 15) is 4.79 Å². The van der Waals surface area contributed by atoms with Gasteiger partial charge in [0.2, 0.25) is 0 Å². The van der Waals surface area contributed by atoms with Crippen molar-refractivity contribution in [1.29, 1.82) is 0 Å². The second-order valence-electron chi connectivity index (χ2n) is 7.66. The molecule has 0 saturated carbocycles. The van der Waals surface area contributed by atoms with Gasteiger partial charge in [0.05, 0.1) is 0 Å². The van der Waals surface area contributed by atoms with E-state index < -0.39 is 0 Å². The van der Waals surface area contributed by atoms with Gasteiger partial charge in [-0.15, -0.1) is 10.2 Å². The number of hydrogen-bond donors (Lipinski definition) is 1. The molecule has 6 nitrogen and oxygen atoms in total. The zero-order valence-electron chi connectivity index (χ0n) is 19.0. The van der Waals surface area contributed by atoms with Gasteiger partial charge in [0.15, 0.2) is 12.4 Å². The third-order valence-corrected chi connectivity index (χ3v) is 5.60. The molecule has 0 aliphatic rings. The zero-order chi connectivity index (χ0) is 23.0. The Balaban J connectivity index is 1.52. The number of anilines is 1. The van der Waals surface area contributed by atoms with E-state index in [1.165, 1.54) is 5.56 Å². The average Bonchev–Trinajstić information content (AvgIpc) is 2.88. The van der Waals surface area contributed by atoms with Gasteiger partial charge in [-0.3, -0.25) is 4.79 Å². The highest BCUT2D eigenvalue weighted by Gasteiger charge is 2.12. The van der Waals surface area contributed by atoms with Gasteiger partial charge in [0, 0.05) is 36.0 Å². The van der Waals surface area contributed by atoms with Gasteiger partial charge in [0.25, 0.3) is 5.91 Å². The number of aromatic nitrogens is 2. The molecule has 1 aromatic heterocycles. The lowest BCUT2D eigenvalue weighted by molar-refractivity contribution is -0.132. The minimum absolute atomic E-state index is 0.0143. The summed E-state index contributed by atoms with van der Waals surface area (Å²) < 4.78 is 5.69. The second kappa shape index (κ2) is 10.6. The number of amides is 1. The van der Waals surface area contributed by atoms with Crippen molar-refractivity contribution < 1.29 is 9.53 Å². The van der Waals surface area contributed by atoms with E-state index in [0.29, 0.717) is 25.4 Å². The summed E-state index contributed by atoms with van der Waals surface area (Å²) in [5.74, 6) is 1.39. The Morgan fingerprint density at radius 3 is 2.21 bits per heavy atom. The van der Waals surface area contributed by atoms with Crippen molar-refractivity contribution in [1.82, 2.24) is 15.1 Å². The van der Waals surface area contributed by atoms with Crippen LogP contribution < -0.4 is 10.1 Å². The maximum atomic E-state index is 12.2. The lowest BCUT2D eigenvalue weighted by atomic mass is 10.0. The quantitative estimate of drug-likeness (QED) is 0.390. The predicted octanol–water partition coefficient (Wildman–Crippen LogP) is 5.16. The van der Waals surface area contributed by atoms with Crippen molar-refractivity contribution in [2.45, 2.75) is 20.4 Å². The van der Waals surface area contributed by atoms with Crippen molar-refractivity contribution in [3.05, 3.63) is 84.4 Å². The van der Waals surface area contributed by atoms with Crippen LogP contribution >= 0.6 is 0 Å². The van der Waals surface area contributed by atoms with Crippen LogP contribution in [-0.4, -0.2) is 40.7 Å². The Morgan fingerprint density at radius 1 is 0.848 bits per heavy atom. The van der Waals surface area contributed by atoms with Crippen LogP contribution in [0.25, 0.3) is 22.0 Å². The number of carbonyl (C=O) groups is 1. The second-order valence-corrected chi connectivity index (χ2v) is 7.66. The van der Waals surface area contributed by atoms with Crippen molar-refractivity contribution in [2.75, 3.05) is 25.0 Å². The largest absolute Gasteiger partial charge is 0.484 e. The highest BCUT2D eigenvalue weighted by molar-refractivity contribution is 6.00. The molecule has 1 amide bonds. The van der Waals surface area contributed by atoms with E-state index >= 15 is 0 Å². The number of likely N-dealkylation sites (N-methyl/N-ethyl adjacent to an activating group) is 1. The number of hydrogen-bond acceptors (Lipinski definition) is 5. The number of ether oxygens (including phenoxy) is 1. The first-order chi connectivity index (χ1) is 16.2. The number of nitrogens with one attached hydrogen (secondary N) is 1. The van der Waals surface area contributed by atoms with Gasteiger partial charge in [-0.1, -0.05) is 54.6 Å². The van der Waals surface area contributed by atoms with E-state index in [1.807, 2.05) is 68.4 Å². The fraction of sp³-hybridized carbons (Fsp3) is 0.222. The van der Waals surface area contributed by atoms with Gasteiger partial charge < -0.3 is 15.0 Å². The Morgan fingerprint density at radius 2 is 1.52 bits per heavy atom. The molecule has 3 aromatic carbocycles. The van der Waals surface area contributed by atoms with Crippen LogP contribution in [0.2, 0.25) is 0 Å². The van der Waals surface area contributed by atoms with E-state index in [4.69, 9.17) is 4.74 Å². The first-order valence-corrected chi connectivity index (χ1v) is 11.2. The van der Waals surface area contributed by atoms with Crippen LogP contribution in [0.5, 0.6) is 5.75 Å². The standard InChI is InChI=1S/C27H28N4O2/c1-3-31(4-2)25(32)19-33-22-16-14-21(15-17-22)26-23-12-8-9-13-24(23)27(30-29-26)28-18-20-10-6-5-7-11-20/h5-17H,3-4,18-19H2,1-2H3,(H,28,30). The summed E-state index contributed by atoms with van der Waals surface area (Å²) >= 11 is 0. The molecule has 0 atom stereocenters. The first-order valence-electron chi connectivity index (χ1n) is 11.2. The van der Waals surface area contributed by atoms with Gasteiger partial charge in [-0.25, -0.2) is 0 Å². The maximum Gasteiger partial charge on any atom is 0.260 e. The number of carbonyl (C=O) groups excluding carboxylic acids is 1. The molecule has 33 heavy (non-hydrogen) atoms. The van der Waals surface area contributed by atoms with Crippen LogP contribution in [0.1, 0.15) is 19.4 Å². The van der Waals surface area contributed by atoms with Gasteiger partial charge in [0.1, 0.15) is 11.4 Å². The Hall–Kier alpha value is -3.93. The molecule has 0 saturated heterocycles. The van der Waals surface area contributed by atoms with Gasteiger partial charge >= 0.3 is 0 Å². The SMILES string of the molecule is CCN(CC)C(=O)COc1ccc(-c2nnc(NCc3ccccc3)c3ccccc23)cc1. The highest BCUT2D eigenvalue weighted by atomic mass is 16.5. The average molecular weight is 441 g/mol. The van der Waals surface area contributed by atoms with Crippen molar-refractivity contribution in [2.24, 2.45) is 0 Å². The molecule has 0 aliphatic carbocycles. The minimum atomic E-state index is -0.0143. The topological polar surface area (TPSA) is 67.4 Å². The molecular weight excluding hydrogens is 412 g/mol. The Labute approximate surface area is 194 Å². The first kappa shape index (κ1) is 22.3. The fourth-order valence-electron chi connectivity index (χ4n) is 3.75. The summed E-state index contributed by atoms with van der Waals surface area (Å²) in [6.07, 6.45) is 0. The normalized spacial score (nSPS) is 10.7. The van der Waals surface area contributed by atoms with Crippen LogP contribution in [0.4, 0.5) is 5.82 Å². The summed E-state index contributed by atoms with van der Waals surface area (Å²) in [6.45, 7) is 6.00. The van der Waals surface area contributed by atoms with Crippen molar-refractivity contribution in [3.8, 4) is 17.0 Å². The summed E-state index contributed by atoms with van der Waals surface area (Å²) in [7, 11) is 0. The van der Waals surface area contributed by atoms with Crippen molar-refractivity contribution in [3.63, 3.8) is 0 Å². The molecule has 0 spiro atoms. The van der Waals surface area contributed by atoms with E-state index in [2.05, 4.69) is 39.8 Å². The summed E-state index contributed by atoms with van der Waals surface area (Å²) in [5, 5.41) is 14.4. The van der Waals surface area contributed by atoms with E-state index in [1.54, 1.807) is 4.90 Å². The minimum Gasteiger partial charge on any atom is -0.484 e. The molecule has 4 aromatic rings. The molecule has 0 bridgehead atoms. The third-order valence-electron chi connectivity index (χ3n) is 5.60. The van der Waals surface area contributed by atoms with Gasteiger partial charge in [-0.05, 0) is 43.7 Å². The highest BCUT2D eigenvalue weighted by Crippen LogP contribution is 2.30. The van der Waals surface area contributed by atoms with Crippen LogP contribution in [-0.2, 0) is 11.3 Å². The third kappa shape index (κ3) is 5.29. The van der Waals surface area contributed by atoms with Gasteiger partial charge in [-0.2, -0.15) is 0 Å². The number of rotatable bonds is 9. The molecule has 1 heterocycles. The number of benzene rings is 3. The Bertz CT molecular complexity index is 1210. The van der Waals surface area contributed by atoms with E-state index in [-0.39, 0.29) is 12.5 Å². The smallest absolute Gasteiger partial charge is 0.260 e. The molecule has 6 heteroatoms. The Kier molecular flexibility index (Phi) is 7.15. The monoisotopic (exact) mass is 440 g/mol.